The summed E-state index contributed by atoms with van der Waals surface area (Å²) in [7, 11) is 0. The molecule has 2 heterocycles. The molecule has 1 aromatic rings. The van der Waals surface area contributed by atoms with Gasteiger partial charge in [0, 0.05) is 19.5 Å². The Kier molecular flexibility index (Phi) is 5.90. The van der Waals surface area contributed by atoms with Crippen LogP contribution >= 0.6 is 0 Å². The Labute approximate surface area is 171 Å². The van der Waals surface area contributed by atoms with Crippen molar-refractivity contribution >= 4 is 12.1 Å². The largest absolute Gasteiger partial charge is 0.481 e. The molecule has 0 unspecified atom stereocenters. The lowest BCUT2D eigenvalue weighted by Gasteiger charge is -2.50. The first-order valence-electron chi connectivity index (χ1n) is 9.99. The standard InChI is InChI=1S/C22H30FNO5/c1-20(2,3)17-9-21(18(25)26,12-22(23)14-28-15-22)13-24(10-17)19(27)29-11-16-7-5-4-6-8-16/h4-8,17H,9-15H2,1-3H3,(H,25,26)/t17-,21+/m1/s1. The summed E-state index contributed by atoms with van der Waals surface area (Å²) < 4.78 is 25.3. The number of benzene rings is 1. The molecule has 2 atom stereocenters. The van der Waals surface area contributed by atoms with Crippen molar-refractivity contribution in [1.82, 2.24) is 4.90 Å². The van der Waals surface area contributed by atoms with Crippen molar-refractivity contribution in [3.05, 3.63) is 35.9 Å². The molecule has 0 saturated carbocycles. The second-order valence-corrected chi connectivity index (χ2v) is 9.59. The summed E-state index contributed by atoms with van der Waals surface area (Å²) in [4.78, 5) is 26.6. The maximum absolute atomic E-state index is 14.9. The minimum Gasteiger partial charge on any atom is -0.481 e. The van der Waals surface area contributed by atoms with Crippen molar-refractivity contribution < 1.29 is 28.6 Å². The Balaban J connectivity index is 1.80. The van der Waals surface area contributed by atoms with Crippen LogP contribution in [-0.2, 0) is 20.9 Å². The van der Waals surface area contributed by atoms with Gasteiger partial charge >= 0.3 is 12.1 Å². The fourth-order valence-electron chi connectivity index (χ4n) is 4.22. The second kappa shape index (κ2) is 7.94. The van der Waals surface area contributed by atoms with Crippen molar-refractivity contribution in [3.8, 4) is 0 Å². The number of carbonyl (C=O) groups is 2. The monoisotopic (exact) mass is 407 g/mol. The molecular formula is C22H30FNO5. The molecule has 3 rings (SSSR count). The zero-order valence-corrected chi connectivity index (χ0v) is 17.3. The zero-order chi connectivity index (χ0) is 21.3. The summed E-state index contributed by atoms with van der Waals surface area (Å²) in [6.07, 6.45) is -0.407. The number of carbonyl (C=O) groups excluding carboxylic acids is 1. The van der Waals surface area contributed by atoms with E-state index in [4.69, 9.17) is 9.47 Å². The van der Waals surface area contributed by atoms with Crippen LogP contribution in [-0.4, -0.2) is 54.0 Å². The van der Waals surface area contributed by atoms with Gasteiger partial charge < -0.3 is 19.5 Å². The highest BCUT2D eigenvalue weighted by Crippen LogP contribution is 2.47. The Hall–Kier alpha value is -2.15. The number of piperidine rings is 1. The molecule has 0 bridgehead atoms. The number of halogens is 1. The van der Waals surface area contributed by atoms with Gasteiger partial charge in [0.15, 0.2) is 5.67 Å². The van der Waals surface area contributed by atoms with Gasteiger partial charge in [-0.2, -0.15) is 0 Å². The first-order chi connectivity index (χ1) is 13.5. The van der Waals surface area contributed by atoms with Crippen LogP contribution in [0, 0.1) is 16.7 Å². The van der Waals surface area contributed by atoms with Gasteiger partial charge in [-0.1, -0.05) is 51.1 Å². The van der Waals surface area contributed by atoms with Crippen LogP contribution < -0.4 is 0 Å². The third-order valence-electron chi connectivity index (χ3n) is 6.09. The summed E-state index contributed by atoms with van der Waals surface area (Å²) in [5.41, 5.74) is -2.40. The van der Waals surface area contributed by atoms with Crippen LogP contribution in [0.3, 0.4) is 0 Å². The summed E-state index contributed by atoms with van der Waals surface area (Å²) in [5.74, 6) is -1.17. The Morgan fingerprint density at radius 2 is 1.93 bits per heavy atom. The molecule has 2 aliphatic heterocycles. The summed E-state index contributed by atoms with van der Waals surface area (Å²) in [6.45, 7) is 6.29. The van der Waals surface area contributed by atoms with E-state index in [1.807, 2.05) is 51.1 Å². The van der Waals surface area contributed by atoms with Crippen molar-refractivity contribution in [2.45, 2.75) is 45.9 Å². The van der Waals surface area contributed by atoms with E-state index in [0.717, 1.165) is 5.56 Å². The molecular weight excluding hydrogens is 377 g/mol. The summed E-state index contributed by atoms with van der Waals surface area (Å²) in [6, 6.07) is 9.30. The minimum atomic E-state index is -1.65. The number of rotatable bonds is 5. The van der Waals surface area contributed by atoms with E-state index in [1.54, 1.807) is 0 Å². The average Bonchev–Trinajstić information content (AvgIpc) is 2.64. The predicted molar refractivity (Wildman–Crippen MR) is 105 cm³/mol. The van der Waals surface area contributed by atoms with E-state index < -0.39 is 23.1 Å². The number of alkyl halides is 1. The number of amides is 1. The first-order valence-corrected chi connectivity index (χ1v) is 9.99. The number of carboxylic acid groups (broad SMARTS) is 1. The Bertz CT molecular complexity index is 743. The molecule has 2 fully saturated rings. The lowest BCUT2D eigenvalue weighted by atomic mass is 9.63. The van der Waals surface area contributed by atoms with Gasteiger partial charge in [0.05, 0.1) is 18.6 Å². The lowest BCUT2D eigenvalue weighted by Crippen LogP contribution is -2.59. The van der Waals surface area contributed by atoms with E-state index in [2.05, 4.69) is 0 Å². The van der Waals surface area contributed by atoms with Crippen LogP contribution in [0.1, 0.15) is 39.2 Å². The van der Waals surface area contributed by atoms with Gasteiger partial charge in [0.1, 0.15) is 6.61 Å². The average molecular weight is 407 g/mol. The summed E-state index contributed by atoms with van der Waals surface area (Å²) in [5, 5.41) is 10.1. The maximum atomic E-state index is 14.9. The van der Waals surface area contributed by atoms with Gasteiger partial charge in [-0.25, -0.2) is 9.18 Å². The van der Waals surface area contributed by atoms with E-state index in [0.29, 0.717) is 13.0 Å². The quantitative estimate of drug-likeness (QED) is 0.801. The van der Waals surface area contributed by atoms with Crippen molar-refractivity contribution in [2.75, 3.05) is 26.3 Å². The number of hydrogen-bond acceptors (Lipinski definition) is 4. The van der Waals surface area contributed by atoms with E-state index in [-0.39, 0.29) is 44.1 Å². The third kappa shape index (κ3) is 4.89. The van der Waals surface area contributed by atoms with Crippen molar-refractivity contribution in [1.29, 1.82) is 0 Å². The van der Waals surface area contributed by atoms with Gasteiger partial charge in [-0.3, -0.25) is 4.79 Å². The first kappa shape index (κ1) is 21.6. The molecule has 1 N–H and O–H groups in total. The van der Waals surface area contributed by atoms with Crippen LogP contribution in [0.4, 0.5) is 9.18 Å². The molecule has 0 aromatic heterocycles. The number of ether oxygens (including phenoxy) is 2. The minimum absolute atomic E-state index is 0.0613. The molecule has 1 aromatic carbocycles. The third-order valence-corrected chi connectivity index (χ3v) is 6.09. The van der Waals surface area contributed by atoms with Gasteiger partial charge in [-0.15, -0.1) is 0 Å². The molecule has 7 heteroatoms. The predicted octanol–water partition coefficient (Wildman–Crippen LogP) is 3.89. The van der Waals surface area contributed by atoms with Crippen LogP contribution in [0.2, 0.25) is 0 Å². The number of likely N-dealkylation sites (tertiary alicyclic amines) is 1. The molecule has 29 heavy (non-hydrogen) atoms. The van der Waals surface area contributed by atoms with Gasteiger partial charge in [0.25, 0.3) is 0 Å². The summed E-state index contributed by atoms with van der Waals surface area (Å²) >= 11 is 0. The Morgan fingerprint density at radius 3 is 2.45 bits per heavy atom. The number of carboxylic acids is 1. The Morgan fingerprint density at radius 1 is 1.28 bits per heavy atom. The number of nitrogens with zero attached hydrogens (tertiary/aromatic N) is 1. The fourth-order valence-corrected chi connectivity index (χ4v) is 4.22. The fraction of sp³-hybridized carbons (Fsp3) is 0.636. The number of aliphatic carboxylic acids is 1. The van der Waals surface area contributed by atoms with E-state index in [9.17, 15) is 19.1 Å². The SMILES string of the molecule is CC(C)(C)[C@H]1CN(C(=O)OCc2ccccc2)C[C@](CC2(F)COC2)(C(=O)O)C1. The van der Waals surface area contributed by atoms with Crippen molar-refractivity contribution in [2.24, 2.45) is 16.7 Å². The van der Waals surface area contributed by atoms with Crippen LogP contribution in [0.15, 0.2) is 30.3 Å². The normalized spacial score (nSPS) is 26.5. The molecule has 160 valence electrons. The smallest absolute Gasteiger partial charge is 0.410 e. The molecule has 0 spiro atoms. The highest BCUT2D eigenvalue weighted by Gasteiger charge is 2.55. The highest BCUT2D eigenvalue weighted by atomic mass is 19.1. The molecule has 0 radical (unpaired) electrons. The maximum Gasteiger partial charge on any atom is 0.410 e. The van der Waals surface area contributed by atoms with Gasteiger partial charge in [-0.05, 0) is 23.3 Å². The molecule has 0 aliphatic carbocycles. The molecule has 6 nitrogen and oxygen atoms in total. The van der Waals surface area contributed by atoms with E-state index in [1.165, 1.54) is 4.90 Å². The van der Waals surface area contributed by atoms with Crippen LogP contribution in [0.25, 0.3) is 0 Å². The molecule has 1 amide bonds. The lowest BCUT2D eigenvalue weighted by molar-refractivity contribution is -0.179. The van der Waals surface area contributed by atoms with E-state index >= 15 is 0 Å². The van der Waals surface area contributed by atoms with Crippen molar-refractivity contribution in [3.63, 3.8) is 0 Å². The highest BCUT2D eigenvalue weighted by molar-refractivity contribution is 5.77. The zero-order valence-electron chi connectivity index (χ0n) is 17.3. The van der Waals surface area contributed by atoms with Gasteiger partial charge in [0.2, 0.25) is 0 Å². The number of hydrogen-bond donors (Lipinski definition) is 1. The molecule has 2 saturated heterocycles. The van der Waals surface area contributed by atoms with Crippen LogP contribution in [0.5, 0.6) is 0 Å². The molecule has 2 aliphatic rings. The second-order valence-electron chi connectivity index (χ2n) is 9.59. The topological polar surface area (TPSA) is 76.1 Å².